The van der Waals surface area contributed by atoms with E-state index in [9.17, 15) is 4.79 Å². The lowest BCUT2D eigenvalue weighted by Gasteiger charge is -2.15. The first-order chi connectivity index (χ1) is 13.2. The molecule has 0 saturated heterocycles. The number of ether oxygens (including phenoxy) is 1. The van der Waals surface area contributed by atoms with Gasteiger partial charge < -0.3 is 10.1 Å². The van der Waals surface area contributed by atoms with Crippen LogP contribution in [0.4, 0.5) is 5.82 Å². The molecule has 1 heterocycles. The zero-order chi connectivity index (χ0) is 18.6. The molecular weight excluding hydrogens is 338 g/mol. The number of carbonyl (C=O) groups excluding carboxylic acids is 1. The first-order valence-corrected chi connectivity index (χ1v) is 9.66. The van der Waals surface area contributed by atoms with Crippen molar-refractivity contribution in [1.82, 2.24) is 9.78 Å². The maximum absolute atomic E-state index is 12.3. The molecule has 1 fully saturated rings. The lowest BCUT2D eigenvalue weighted by atomic mass is 10.1. The fourth-order valence-electron chi connectivity index (χ4n) is 3.46. The van der Waals surface area contributed by atoms with Crippen molar-refractivity contribution in [2.45, 2.75) is 38.6 Å². The Bertz CT molecular complexity index is 925. The number of hydrogen-bond acceptors (Lipinski definition) is 3. The Morgan fingerprint density at radius 2 is 2.04 bits per heavy atom. The maximum atomic E-state index is 12.3. The lowest BCUT2D eigenvalue weighted by molar-refractivity contribution is -0.116. The van der Waals surface area contributed by atoms with E-state index in [2.05, 4.69) is 35.5 Å². The summed E-state index contributed by atoms with van der Waals surface area (Å²) < 4.78 is 7.84. The Balaban J connectivity index is 1.27. The Morgan fingerprint density at radius 1 is 1.22 bits per heavy atom. The summed E-state index contributed by atoms with van der Waals surface area (Å²) in [5.41, 5.74) is 0. The SMILES string of the molecule is CC(C1CC1)n1nccc1NC(=O)CCCOc1cccc2ccccc12. The van der Waals surface area contributed by atoms with Crippen LogP contribution in [0, 0.1) is 5.92 Å². The van der Waals surface area contributed by atoms with E-state index in [0.29, 0.717) is 31.4 Å². The minimum Gasteiger partial charge on any atom is -0.493 e. The molecule has 1 atom stereocenters. The Hall–Kier alpha value is -2.82. The van der Waals surface area contributed by atoms with Crippen LogP contribution in [-0.2, 0) is 4.79 Å². The molecule has 5 nitrogen and oxygen atoms in total. The average Bonchev–Trinajstić information content (AvgIpc) is 3.44. The second-order valence-corrected chi connectivity index (χ2v) is 7.22. The van der Waals surface area contributed by atoms with Gasteiger partial charge in [0.05, 0.1) is 18.8 Å². The molecule has 1 N–H and O–H groups in total. The molecule has 27 heavy (non-hydrogen) atoms. The third-order valence-electron chi connectivity index (χ3n) is 5.18. The standard InChI is InChI=1S/C22H25N3O2/c1-16(17-11-12-17)25-21(13-14-23-25)24-22(26)10-5-15-27-20-9-4-7-18-6-2-3-8-19(18)20/h2-4,6-9,13-14,16-17H,5,10-12,15H2,1H3,(H,24,26). The molecule has 140 valence electrons. The molecule has 1 aliphatic rings. The van der Waals surface area contributed by atoms with Gasteiger partial charge in [-0.25, -0.2) is 4.68 Å². The number of hydrogen-bond donors (Lipinski definition) is 1. The number of amides is 1. The van der Waals surface area contributed by atoms with Crippen LogP contribution in [0.5, 0.6) is 5.75 Å². The Kier molecular flexibility index (Phi) is 5.10. The van der Waals surface area contributed by atoms with Crippen LogP contribution in [0.15, 0.2) is 54.7 Å². The van der Waals surface area contributed by atoms with Crippen molar-refractivity contribution >= 4 is 22.5 Å². The number of nitrogens with zero attached hydrogens (tertiary/aromatic N) is 2. The van der Waals surface area contributed by atoms with Crippen molar-refractivity contribution in [2.24, 2.45) is 5.92 Å². The van der Waals surface area contributed by atoms with E-state index in [1.165, 1.54) is 12.8 Å². The van der Waals surface area contributed by atoms with E-state index in [4.69, 9.17) is 4.74 Å². The summed E-state index contributed by atoms with van der Waals surface area (Å²) in [6.45, 7) is 2.68. The van der Waals surface area contributed by atoms with Gasteiger partial charge in [0.1, 0.15) is 11.6 Å². The maximum Gasteiger partial charge on any atom is 0.225 e. The van der Waals surface area contributed by atoms with Crippen LogP contribution in [0.3, 0.4) is 0 Å². The van der Waals surface area contributed by atoms with Gasteiger partial charge in [0.25, 0.3) is 0 Å². The van der Waals surface area contributed by atoms with Gasteiger partial charge in [-0.3, -0.25) is 4.79 Å². The summed E-state index contributed by atoms with van der Waals surface area (Å²) in [5.74, 6) is 2.34. The highest BCUT2D eigenvalue weighted by molar-refractivity contribution is 5.90. The molecule has 1 aromatic heterocycles. The minimum atomic E-state index is 0.00117. The molecule has 1 amide bonds. The predicted molar refractivity (Wildman–Crippen MR) is 107 cm³/mol. The smallest absolute Gasteiger partial charge is 0.225 e. The summed E-state index contributed by atoms with van der Waals surface area (Å²) in [5, 5.41) is 9.62. The highest BCUT2D eigenvalue weighted by atomic mass is 16.5. The molecule has 4 rings (SSSR count). The molecular formula is C22H25N3O2. The lowest BCUT2D eigenvalue weighted by Crippen LogP contribution is -2.18. The number of anilines is 1. The Labute approximate surface area is 159 Å². The fraction of sp³-hybridized carbons (Fsp3) is 0.364. The summed E-state index contributed by atoms with van der Waals surface area (Å²) in [6, 6.07) is 16.4. The van der Waals surface area contributed by atoms with Crippen LogP contribution in [0.1, 0.15) is 38.6 Å². The van der Waals surface area contributed by atoms with Gasteiger partial charge in [-0.05, 0) is 43.6 Å². The summed E-state index contributed by atoms with van der Waals surface area (Å²) in [7, 11) is 0. The summed E-state index contributed by atoms with van der Waals surface area (Å²) in [6.07, 6.45) is 5.34. The molecule has 0 radical (unpaired) electrons. The number of aromatic nitrogens is 2. The highest BCUT2D eigenvalue weighted by Gasteiger charge is 2.30. The third kappa shape index (κ3) is 4.13. The van der Waals surface area contributed by atoms with Crippen molar-refractivity contribution in [1.29, 1.82) is 0 Å². The number of benzene rings is 2. The topological polar surface area (TPSA) is 56.2 Å². The predicted octanol–water partition coefficient (Wildman–Crippen LogP) is 4.81. The molecule has 1 aliphatic carbocycles. The van der Waals surface area contributed by atoms with E-state index in [1.54, 1.807) is 6.20 Å². The van der Waals surface area contributed by atoms with Crippen LogP contribution in [0.2, 0.25) is 0 Å². The summed E-state index contributed by atoms with van der Waals surface area (Å²) >= 11 is 0. The van der Waals surface area contributed by atoms with Crippen LogP contribution in [0.25, 0.3) is 10.8 Å². The number of nitrogens with one attached hydrogen (secondary N) is 1. The van der Waals surface area contributed by atoms with Crippen molar-refractivity contribution in [3.8, 4) is 5.75 Å². The first-order valence-electron chi connectivity index (χ1n) is 9.66. The van der Waals surface area contributed by atoms with Crippen molar-refractivity contribution < 1.29 is 9.53 Å². The van der Waals surface area contributed by atoms with Crippen LogP contribution < -0.4 is 10.1 Å². The molecule has 0 spiro atoms. The molecule has 5 heteroatoms. The second-order valence-electron chi connectivity index (χ2n) is 7.22. The Morgan fingerprint density at radius 3 is 2.89 bits per heavy atom. The molecule has 3 aromatic rings. The fourth-order valence-corrected chi connectivity index (χ4v) is 3.46. The van der Waals surface area contributed by atoms with Crippen molar-refractivity contribution in [3.63, 3.8) is 0 Å². The van der Waals surface area contributed by atoms with E-state index >= 15 is 0 Å². The second kappa shape index (κ2) is 7.82. The van der Waals surface area contributed by atoms with Gasteiger partial charge in [0.15, 0.2) is 0 Å². The number of fused-ring (bicyclic) bond motifs is 1. The molecule has 0 aliphatic heterocycles. The van der Waals surface area contributed by atoms with E-state index < -0.39 is 0 Å². The molecule has 0 bridgehead atoms. The minimum absolute atomic E-state index is 0.00117. The zero-order valence-electron chi connectivity index (χ0n) is 15.6. The van der Waals surface area contributed by atoms with Gasteiger partial charge in [0.2, 0.25) is 5.91 Å². The normalized spacial score (nSPS) is 14.9. The number of rotatable bonds is 8. The van der Waals surface area contributed by atoms with Gasteiger partial charge in [-0.2, -0.15) is 5.10 Å². The zero-order valence-corrected chi connectivity index (χ0v) is 15.6. The van der Waals surface area contributed by atoms with Crippen LogP contribution in [-0.4, -0.2) is 22.3 Å². The quantitative estimate of drug-likeness (QED) is 0.585. The van der Waals surface area contributed by atoms with Gasteiger partial charge >= 0.3 is 0 Å². The number of carbonyl (C=O) groups is 1. The van der Waals surface area contributed by atoms with Crippen LogP contribution >= 0.6 is 0 Å². The molecule has 1 unspecified atom stereocenters. The van der Waals surface area contributed by atoms with Gasteiger partial charge in [0, 0.05) is 17.9 Å². The van der Waals surface area contributed by atoms with E-state index in [0.717, 1.165) is 22.3 Å². The largest absolute Gasteiger partial charge is 0.493 e. The molecule has 2 aromatic carbocycles. The third-order valence-corrected chi connectivity index (χ3v) is 5.18. The van der Waals surface area contributed by atoms with Gasteiger partial charge in [-0.15, -0.1) is 0 Å². The molecule has 1 saturated carbocycles. The van der Waals surface area contributed by atoms with Crippen molar-refractivity contribution in [2.75, 3.05) is 11.9 Å². The average molecular weight is 363 g/mol. The van der Waals surface area contributed by atoms with E-state index in [1.807, 2.05) is 35.0 Å². The van der Waals surface area contributed by atoms with Crippen molar-refractivity contribution in [3.05, 3.63) is 54.7 Å². The highest BCUT2D eigenvalue weighted by Crippen LogP contribution is 2.40. The monoisotopic (exact) mass is 363 g/mol. The van der Waals surface area contributed by atoms with Gasteiger partial charge in [-0.1, -0.05) is 36.4 Å². The first kappa shape index (κ1) is 17.6. The summed E-state index contributed by atoms with van der Waals surface area (Å²) in [4.78, 5) is 12.3. The van der Waals surface area contributed by atoms with E-state index in [-0.39, 0.29) is 5.91 Å².